The van der Waals surface area contributed by atoms with Crippen molar-refractivity contribution in [3.63, 3.8) is 0 Å². The fourth-order valence-corrected chi connectivity index (χ4v) is 3.49. The van der Waals surface area contributed by atoms with Gasteiger partial charge in [0.05, 0.1) is 0 Å². The lowest BCUT2D eigenvalue weighted by Gasteiger charge is -2.18. The molecule has 0 saturated carbocycles. The number of hydrogen-bond donors (Lipinski definition) is 0. The zero-order chi connectivity index (χ0) is 20.0. The average Bonchev–Trinajstić information content (AvgIpc) is 2.66. The fourth-order valence-electron chi connectivity index (χ4n) is 3.49. The van der Waals surface area contributed by atoms with Crippen molar-refractivity contribution < 1.29 is 14.3 Å². The summed E-state index contributed by atoms with van der Waals surface area (Å²) in [6.07, 6.45) is 22.3. The molecule has 0 amide bonds. The monoisotopic (exact) mass is 382 g/mol. The van der Waals surface area contributed by atoms with Crippen molar-refractivity contribution in [3.8, 4) is 0 Å². The van der Waals surface area contributed by atoms with Crippen LogP contribution in [-0.4, -0.2) is 18.4 Å². The van der Waals surface area contributed by atoms with Crippen LogP contribution in [0.1, 0.15) is 136 Å². The maximum atomic E-state index is 12.1. The Morgan fingerprint density at radius 2 is 1.19 bits per heavy atom. The molecule has 0 saturated heterocycles. The molecule has 0 spiro atoms. The Morgan fingerprint density at radius 1 is 0.704 bits per heavy atom. The van der Waals surface area contributed by atoms with Crippen molar-refractivity contribution in [3.05, 3.63) is 0 Å². The second-order valence-electron chi connectivity index (χ2n) is 7.99. The number of rotatable bonds is 21. The highest BCUT2D eigenvalue weighted by molar-refractivity contribution is 5.69. The van der Waals surface area contributed by atoms with E-state index in [1.54, 1.807) is 0 Å². The van der Waals surface area contributed by atoms with E-state index in [2.05, 4.69) is 13.8 Å². The van der Waals surface area contributed by atoms with Crippen LogP contribution in [0, 0.1) is 0 Å². The van der Waals surface area contributed by atoms with E-state index in [0.717, 1.165) is 38.4 Å². The van der Waals surface area contributed by atoms with Gasteiger partial charge in [0.1, 0.15) is 12.4 Å². The molecular weight excluding hydrogens is 336 g/mol. The Hall–Kier alpha value is -0.860. The fraction of sp³-hybridized carbons (Fsp3) is 0.917. The first-order valence-corrected chi connectivity index (χ1v) is 11.9. The SMILES string of the molecule is CCCCCCCCC(CCCCCCCC)OC(=O)CCCCCC=O. The third-order valence-corrected chi connectivity index (χ3v) is 5.26. The lowest BCUT2D eigenvalue weighted by atomic mass is 10.0. The van der Waals surface area contributed by atoms with Gasteiger partial charge in [-0.15, -0.1) is 0 Å². The van der Waals surface area contributed by atoms with Gasteiger partial charge in [-0.05, 0) is 38.5 Å². The van der Waals surface area contributed by atoms with Crippen LogP contribution in [0.25, 0.3) is 0 Å². The topological polar surface area (TPSA) is 43.4 Å². The van der Waals surface area contributed by atoms with Crippen LogP contribution in [0.3, 0.4) is 0 Å². The average molecular weight is 383 g/mol. The summed E-state index contributed by atoms with van der Waals surface area (Å²) in [6.45, 7) is 4.49. The van der Waals surface area contributed by atoms with Gasteiger partial charge in [-0.1, -0.05) is 84.5 Å². The van der Waals surface area contributed by atoms with Crippen LogP contribution in [0.15, 0.2) is 0 Å². The number of hydrogen-bond acceptors (Lipinski definition) is 3. The largest absolute Gasteiger partial charge is 0.462 e. The molecule has 0 unspecified atom stereocenters. The zero-order valence-electron chi connectivity index (χ0n) is 18.3. The summed E-state index contributed by atoms with van der Waals surface area (Å²) in [4.78, 5) is 22.5. The minimum absolute atomic E-state index is 0.0388. The smallest absolute Gasteiger partial charge is 0.306 e. The number of ether oxygens (including phenoxy) is 1. The summed E-state index contributed by atoms with van der Waals surface area (Å²) in [7, 11) is 0. The van der Waals surface area contributed by atoms with E-state index in [-0.39, 0.29) is 12.1 Å². The Kier molecular flexibility index (Phi) is 20.8. The van der Waals surface area contributed by atoms with Crippen molar-refractivity contribution in [1.29, 1.82) is 0 Å². The molecule has 0 aromatic rings. The lowest BCUT2D eigenvalue weighted by Crippen LogP contribution is -2.18. The van der Waals surface area contributed by atoms with Gasteiger partial charge in [-0.3, -0.25) is 4.79 Å². The summed E-state index contributed by atoms with van der Waals surface area (Å²) >= 11 is 0. The van der Waals surface area contributed by atoms with Gasteiger partial charge in [-0.25, -0.2) is 0 Å². The summed E-state index contributed by atoms with van der Waals surface area (Å²) < 4.78 is 5.80. The lowest BCUT2D eigenvalue weighted by molar-refractivity contribution is -0.150. The number of aldehydes is 1. The van der Waals surface area contributed by atoms with Gasteiger partial charge in [-0.2, -0.15) is 0 Å². The summed E-state index contributed by atoms with van der Waals surface area (Å²) in [5.41, 5.74) is 0. The molecule has 160 valence electrons. The Balaban J connectivity index is 4.01. The van der Waals surface area contributed by atoms with Crippen LogP contribution >= 0.6 is 0 Å². The molecule has 0 rings (SSSR count). The van der Waals surface area contributed by atoms with Gasteiger partial charge in [0.2, 0.25) is 0 Å². The highest BCUT2D eigenvalue weighted by Gasteiger charge is 2.14. The molecule has 0 bridgehead atoms. The number of carbonyl (C=O) groups is 2. The summed E-state index contributed by atoms with van der Waals surface area (Å²) in [5, 5.41) is 0. The summed E-state index contributed by atoms with van der Waals surface area (Å²) in [5.74, 6) is -0.0388. The van der Waals surface area contributed by atoms with Crippen LogP contribution < -0.4 is 0 Å². The second-order valence-corrected chi connectivity index (χ2v) is 7.99. The van der Waals surface area contributed by atoms with E-state index >= 15 is 0 Å². The maximum absolute atomic E-state index is 12.1. The zero-order valence-corrected chi connectivity index (χ0v) is 18.3. The van der Waals surface area contributed by atoms with E-state index < -0.39 is 0 Å². The first-order valence-electron chi connectivity index (χ1n) is 11.9. The standard InChI is InChI=1S/C24H46O3/c1-3-5-7-9-11-15-19-23(20-16-12-10-8-6-4-2)27-24(26)21-17-13-14-18-22-25/h22-23H,3-21H2,1-2H3. The highest BCUT2D eigenvalue weighted by Crippen LogP contribution is 2.18. The van der Waals surface area contributed by atoms with E-state index in [0.29, 0.717) is 12.8 Å². The molecule has 0 aliphatic rings. The van der Waals surface area contributed by atoms with E-state index in [1.165, 1.54) is 77.0 Å². The quantitative estimate of drug-likeness (QED) is 0.117. The van der Waals surface area contributed by atoms with Crippen molar-refractivity contribution in [1.82, 2.24) is 0 Å². The van der Waals surface area contributed by atoms with Crippen LogP contribution in [0.4, 0.5) is 0 Å². The predicted octanol–water partition coefficient (Wildman–Crippen LogP) is 7.55. The minimum atomic E-state index is -0.0388. The molecule has 0 atom stereocenters. The molecule has 0 aliphatic carbocycles. The van der Waals surface area contributed by atoms with E-state index in [1.807, 2.05) is 0 Å². The second kappa shape index (κ2) is 21.4. The number of esters is 1. The molecule has 27 heavy (non-hydrogen) atoms. The molecule has 0 heterocycles. The van der Waals surface area contributed by atoms with Crippen molar-refractivity contribution in [2.75, 3.05) is 0 Å². The molecule has 0 N–H and O–H groups in total. The molecule has 0 aromatic carbocycles. The molecule has 0 fully saturated rings. The highest BCUT2D eigenvalue weighted by atomic mass is 16.5. The normalized spacial score (nSPS) is 11.1. The third kappa shape index (κ3) is 19.7. The molecule has 0 aliphatic heterocycles. The van der Waals surface area contributed by atoms with Gasteiger partial charge in [0, 0.05) is 12.8 Å². The predicted molar refractivity (Wildman–Crippen MR) is 115 cm³/mol. The van der Waals surface area contributed by atoms with Gasteiger partial charge < -0.3 is 9.53 Å². The van der Waals surface area contributed by atoms with Crippen molar-refractivity contribution in [2.24, 2.45) is 0 Å². The maximum Gasteiger partial charge on any atom is 0.306 e. The van der Waals surface area contributed by atoms with Crippen LogP contribution in [-0.2, 0) is 14.3 Å². The molecule has 3 heteroatoms. The number of carbonyl (C=O) groups excluding carboxylic acids is 2. The Bertz CT molecular complexity index is 312. The van der Waals surface area contributed by atoms with Crippen molar-refractivity contribution >= 4 is 12.3 Å². The van der Waals surface area contributed by atoms with Crippen LogP contribution in [0.5, 0.6) is 0 Å². The molecule has 0 aromatic heterocycles. The van der Waals surface area contributed by atoms with E-state index in [9.17, 15) is 9.59 Å². The van der Waals surface area contributed by atoms with E-state index in [4.69, 9.17) is 4.74 Å². The molecule has 0 radical (unpaired) electrons. The van der Waals surface area contributed by atoms with Crippen LogP contribution in [0.2, 0.25) is 0 Å². The third-order valence-electron chi connectivity index (χ3n) is 5.26. The Labute approximate surface area is 169 Å². The number of unbranched alkanes of at least 4 members (excludes halogenated alkanes) is 13. The summed E-state index contributed by atoms with van der Waals surface area (Å²) in [6, 6.07) is 0. The first-order chi connectivity index (χ1) is 13.2. The van der Waals surface area contributed by atoms with Gasteiger partial charge >= 0.3 is 5.97 Å². The molecular formula is C24H46O3. The minimum Gasteiger partial charge on any atom is -0.462 e. The van der Waals surface area contributed by atoms with Gasteiger partial charge in [0.15, 0.2) is 0 Å². The Morgan fingerprint density at radius 3 is 1.70 bits per heavy atom. The first kappa shape index (κ1) is 26.1. The van der Waals surface area contributed by atoms with Gasteiger partial charge in [0.25, 0.3) is 0 Å². The molecule has 3 nitrogen and oxygen atoms in total. The van der Waals surface area contributed by atoms with Crippen molar-refractivity contribution in [2.45, 2.75) is 142 Å².